The lowest BCUT2D eigenvalue weighted by Gasteiger charge is -2.20. The fourth-order valence-corrected chi connectivity index (χ4v) is 1.41. The van der Waals surface area contributed by atoms with E-state index in [0.717, 1.165) is 12.4 Å². The lowest BCUT2D eigenvalue weighted by molar-refractivity contribution is 0.635. The minimum absolute atomic E-state index is 0.549. The first kappa shape index (κ1) is 10.3. The molecule has 0 amide bonds. The van der Waals surface area contributed by atoms with E-state index >= 15 is 0 Å². The molecule has 0 aliphatic carbocycles. The van der Waals surface area contributed by atoms with E-state index in [-0.39, 0.29) is 0 Å². The van der Waals surface area contributed by atoms with Crippen LogP contribution in [0.25, 0.3) is 0 Å². The molecule has 0 aliphatic rings. The summed E-state index contributed by atoms with van der Waals surface area (Å²) >= 11 is 5.79. The van der Waals surface area contributed by atoms with E-state index in [1.54, 1.807) is 6.07 Å². The highest BCUT2D eigenvalue weighted by Crippen LogP contribution is 2.13. The maximum Gasteiger partial charge on any atom is 0.131 e. The summed E-state index contributed by atoms with van der Waals surface area (Å²) in [5.74, 6) is 1.56. The standard InChI is InChI=1S/C10H15ClN2/c1-8(2)7-13(3)10-6-4-5-9(11)12-10/h4-6,8H,7H2,1-3H3. The monoisotopic (exact) mass is 198 g/mol. The van der Waals surface area contributed by atoms with Gasteiger partial charge in [0, 0.05) is 13.6 Å². The van der Waals surface area contributed by atoms with Gasteiger partial charge >= 0.3 is 0 Å². The molecule has 0 fully saturated rings. The zero-order valence-corrected chi connectivity index (χ0v) is 9.04. The fourth-order valence-electron chi connectivity index (χ4n) is 1.25. The maximum absolute atomic E-state index is 5.79. The van der Waals surface area contributed by atoms with Crippen molar-refractivity contribution < 1.29 is 0 Å². The highest BCUT2D eigenvalue weighted by Gasteiger charge is 2.04. The average molecular weight is 199 g/mol. The van der Waals surface area contributed by atoms with Crippen LogP contribution in [0.4, 0.5) is 5.82 Å². The van der Waals surface area contributed by atoms with Crippen molar-refractivity contribution in [1.29, 1.82) is 0 Å². The van der Waals surface area contributed by atoms with Gasteiger partial charge < -0.3 is 4.90 Å². The highest BCUT2D eigenvalue weighted by molar-refractivity contribution is 6.29. The summed E-state index contributed by atoms with van der Waals surface area (Å²) in [6, 6.07) is 5.67. The van der Waals surface area contributed by atoms with Crippen molar-refractivity contribution in [3.63, 3.8) is 0 Å². The number of anilines is 1. The van der Waals surface area contributed by atoms with Crippen LogP contribution in [0.5, 0.6) is 0 Å². The molecule has 0 spiro atoms. The number of hydrogen-bond acceptors (Lipinski definition) is 2. The molecule has 3 heteroatoms. The summed E-state index contributed by atoms with van der Waals surface area (Å²) in [5.41, 5.74) is 0. The molecule has 0 unspecified atom stereocenters. The Morgan fingerprint density at radius 2 is 2.15 bits per heavy atom. The molecular formula is C10H15ClN2. The van der Waals surface area contributed by atoms with Crippen molar-refractivity contribution in [2.75, 3.05) is 18.5 Å². The average Bonchev–Trinajstić information content (AvgIpc) is 2.03. The van der Waals surface area contributed by atoms with Gasteiger partial charge in [0.25, 0.3) is 0 Å². The van der Waals surface area contributed by atoms with Crippen LogP contribution >= 0.6 is 11.6 Å². The van der Waals surface area contributed by atoms with Gasteiger partial charge in [-0.3, -0.25) is 0 Å². The van der Waals surface area contributed by atoms with E-state index in [0.29, 0.717) is 11.1 Å². The lowest BCUT2D eigenvalue weighted by atomic mass is 10.2. The SMILES string of the molecule is CC(C)CN(C)c1cccc(Cl)n1. The van der Waals surface area contributed by atoms with Gasteiger partial charge in [0.1, 0.15) is 11.0 Å². The molecule has 0 radical (unpaired) electrons. The van der Waals surface area contributed by atoms with Crippen molar-refractivity contribution >= 4 is 17.4 Å². The van der Waals surface area contributed by atoms with Crippen molar-refractivity contribution in [1.82, 2.24) is 4.98 Å². The predicted octanol–water partition coefficient (Wildman–Crippen LogP) is 2.83. The molecule has 0 saturated carbocycles. The van der Waals surface area contributed by atoms with Crippen LogP contribution in [0.15, 0.2) is 18.2 Å². The van der Waals surface area contributed by atoms with Crippen molar-refractivity contribution in [2.24, 2.45) is 5.92 Å². The first-order valence-corrected chi connectivity index (χ1v) is 4.81. The summed E-state index contributed by atoms with van der Waals surface area (Å²) in [6.07, 6.45) is 0. The van der Waals surface area contributed by atoms with E-state index in [9.17, 15) is 0 Å². The van der Waals surface area contributed by atoms with Crippen LogP contribution in [-0.2, 0) is 0 Å². The summed E-state index contributed by atoms with van der Waals surface area (Å²) in [7, 11) is 2.03. The van der Waals surface area contributed by atoms with Crippen LogP contribution in [0.2, 0.25) is 5.15 Å². The van der Waals surface area contributed by atoms with Gasteiger partial charge in [-0.05, 0) is 18.1 Å². The first-order chi connectivity index (χ1) is 6.09. The molecule has 0 atom stereocenters. The Labute approximate surface area is 84.5 Å². The van der Waals surface area contributed by atoms with Crippen LogP contribution < -0.4 is 4.90 Å². The second kappa shape index (κ2) is 4.47. The summed E-state index contributed by atoms with van der Waals surface area (Å²) in [5, 5.41) is 0.549. The van der Waals surface area contributed by atoms with Crippen LogP contribution in [-0.4, -0.2) is 18.6 Å². The maximum atomic E-state index is 5.79. The van der Waals surface area contributed by atoms with Crippen LogP contribution in [0.3, 0.4) is 0 Å². The molecule has 1 aromatic rings. The third-order valence-electron chi connectivity index (χ3n) is 1.73. The van der Waals surface area contributed by atoms with E-state index in [2.05, 4.69) is 23.7 Å². The Hall–Kier alpha value is -0.760. The van der Waals surface area contributed by atoms with Crippen LogP contribution in [0, 0.1) is 5.92 Å². The van der Waals surface area contributed by atoms with Crippen LogP contribution in [0.1, 0.15) is 13.8 Å². The molecule has 1 heterocycles. The Morgan fingerprint density at radius 3 is 2.69 bits per heavy atom. The van der Waals surface area contributed by atoms with Gasteiger partial charge in [0.15, 0.2) is 0 Å². The summed E-state index contributed by atoms with van der Waals surface area (Å²) in [6.45, 7) is 5.36. The van der Waals surface area contributed by atoms with Gasteiger partial charge in [-0.25, -0.2) is 4.98 Å². The van der Waals surface area contributed by atoms with Gasteiger partial charge in [0.05, 0.1) is 0 Å². The lowest BCUT2D eigenvalue weighted by Crippen LogP contribution is -2.23. The van der Waals surface area contributed by atoms with Gasteiger partial charge in [-0.1, -0.05) is 31.5 Å². The van der Waals surface area contributed by atoms with Crippen molar-refractivity contribution in [3.05, 3.63) is 23.4 Å². The number of rotatable bonds is 3. The number of halogens is 1. The largest absolute Gasteiger partial charge is 0.359 e. The molecule has 2 nitrogen and oxygen atoms in total. The zero-order valence-electron chi connectivity index (χ0n) is 8.29. The van der Waals surface area contributed by atoms with Gasteiger partial charge in [0.2, 0.25) is 0 Å². The Morgan fingerprint density at radius 1 is 1.46 bits per heavy atom. The van der Waals surface area contributed by atoms with Crippen molar-refractivity contribution in [3.8, 4) is 0 Å². The number of nitrogens with zero attached hydrogens (tertiary/aromatic N) is 2. The summed E-state index contributed by atoms with van der Waals surface area (Å²) in [4.78, 5) is 6.33. The summed E-state index contributed by atoms with van der Waals surface area (Å²) < 4.78 is 0. The third-order valence-corrected chi connectivity index (χ3v) is 1.94. The van der Waals surface area contributed by atoms with Crippen molar-refractivity contribution in [2.45, 2.75) is 13.8 Å². The molecule has 0 aromatic carbocycles. The molecule has 1 aromatic heterocycles. The zero-order chi connectivity index (χ0) is 9.84. The second-order valence-corrected chi connectivity index (χ2v) is 3.98. The number of aromatic nitrogens is 1. The molecule has 72 valence electrons. The Kier molecular flexibility index (Phi) is 3.55. The van der Waals surface area contributed by atoms with E-state index in [1.165, 1.54) is 0 Å². The number of pyridine rings is 1. The second-order valence-electron chi connectivity index (χ2n) is 3.59. The molecule has 0 aliphatic heterocycles. The smallest absolute Gasteiger partial charge is 0.131 e. The highest BCUT2D eigenvalue weighted by atomic mass is 35.5. The molecule has 0 saturated heterocycles. The predicted molar refractivity (Wildman–Crippen MR) is 57.4 cm³/mol. The van der Waals surface area contributed by atoms with E-state index in [4.69, 9.17) is 11.6 Å². The minimum Gasteiger partial charge on any atom is -0.359 e. The third kappa shape index (κ3) is 3.23. The quantitative estimate of drug-likeness (QED) is 0.695. The van der Waals surface area contributed by atoms with E-state index < -0.39 is 0 Å². The molecule has 1 rings (SSSR count). The normalized spacial score (nSPS) is 10.5. The Bertz CT molecular complexity index is 273. The minimum atomic E-state index is 0.549. The molecule has 0 bridgehead atoms. The van der Waals surface area contributed by atoms with Gasteiger partial charge in [-0.2, -0.15) is 0 Å². The van der Waals surface area contributed by atoms with E-state index in [1.807, 2.05) is 19.2 Å². The Balaban J connectivity index is 2.71. The molecular weight excluding hydrogens is 184 g/mol. The fraction of sp³-hybridized carbons (Fsp3) is 0.500. The van der Waals surface area contributed by atoms with Gasteiger partial charge in [-0.15, -0.1) is 0 Å². The molecule has 13 heavy (non-hydrogen) atoms. The topological polar surface area (TPSA) is 16.1 Å². The molecule has 0 N–H and O–H groups in total. The first-order valence-electron chi connectivity index (χ1n) is 4.43. The number of hydrogen-bond donors (Lipinski definition) is 0.